The fraction of sp³-hybridized carbons (Fsp3) is 0.545. The Labute approximate surface area is 252 Å². The number of aliphatic imine (C=N–C) groups is 1. The molecule has 3 aliphatic carbocycles. The summed E-state index contributed by atoms with van der Waals surface area (Å²) in [6.07, 6.45) is 2.43. The number of methoxy groups -OCH3 is 1. The number of anilines is 1. The highest BCUT2D eigenvalue weighted by Gasteiger charge is 2.56. The van der Waals surface area contributed by atoms with Crippen LogP contribution in [0.1, 0.15) is 46.4 Å². The van der Waals surface area contributed by atoms with E-state index in [1.807, 2.05) is 12.1 Å². The van der Waals surface area contributed by atoms with E-state index in [1.165, 1.54) is 30.2 Å². The summed E-state index contributed by atoms with van der Waals surface area (Å²) < 4.78 is 26.7. The van der Waals surface area contributed by atoms with Crippen molar-refractivity contribution < 1.29 is 13.9 Å². The lowest BCUT2D eigenvalue weighted by Gasteiger charge is -2.61. The smallest absolute Gasteiger partial charge is 0.261 e. The molecule has 2 bridgehead atoms. The summed E-state index contributed by atoms with van der Waals surface area (Å²) in [5.41, 5.74) is 1.58. The first kappa shape index (κ1) is 29.4. The minimum Gasteiger partial charge on any atom is -0.497 e. The molecule has 0 amide bonds. The number of aromatic nitrogens is 2. The Bertz CT molecular complexity index is 1600. The standard InChI is InChI=1S/C33H43FN6O3/c1-19-17-40(12-11-35-19)32(38-27-14-21-13-25(20(27)2)33(21,3)4)36-22-7-9-24-28(15-22)37-30(39(5)31(24)41)18-43-29-10-8-23(42-6)16-26(29)34/h7-10,15-16,19-21,25,27,35H,11-14,17-18H2,1-6H3,(H,36,38)/t19-,20-,21-,25+,27-/m0/s1. The molecule has 10 heteroatoms. The molecule has 2 aromatic carbocycles. The fourth-order valence-electron chi connectivity index (χ4n) is 7.29. The molecule has 5 atom stereocenters. The Hall–Kier alpha value is -3.66. The first-order valence-corrected chi connectivity index (χ1v) is 15.3. The van der Waals surface area contributed by atoms with Gasteiger partial charge in [-0.1, -0.05) is 20.8 Å². The van der Waals surface area contributed by atoms with E-state index in [4.69, 9.17) is 19.5 Å². The zero-order valence-corrected chi connectivity index (χ0v) is 26.0. The van der Waals surface area contributed by atoms with E-state index in [0.717, 1.165) is 43.6 Å². The number of hydrogen-bond acceptors (Lipinski definition) is 6. The molecule has 43 heavy (non-hydrogen) atoms. The van der Waals surface area contributed by atoms with E-state index in [2.05, 4.69) is 43.2 Å². The number of nitrogens with one attached hydrogen (secondary N) is 2. The fourth-order valence-corrected chi connectivity index (χ4v) is 7.29. The monoisotopic (exact) mass is 590 g/mol. The summed E-state index contributed by atoms with van der Waals surface area (Å²) in [6.45, 7) is 12.0. The Balaban J connectivity index is 1.28. The molecular weight excluding hydrogens is 547 g/mol. The molecule has 0 unspecified atom stereocenters. The summed E-state index contributed by atoms with van der Waals surface area (Å²) in [4.78, 5) is 25.7. The van der Waals surface area contributed by atoms with E-state index >= 15 is 0 Å². The number of halogens is 1. The molecule has 9 nitrogen and oxygen atoms in total. The van der Waals surface area contributed by atoms with Crippen LogP contribution in [0, 0.1) is 29.0 Å². The van der Waals surface area contributed by atoms with Gasteiger partial charge in [-0.3, -0.25) is 9.36 Å². The van der Waals surface area contributed by atoms with Crippen molar-refractivity contribution >= 4 is 22.5 Å². The second kappa shape index (κ2) is 11.4. The van der Waals surface area contributed by atoms with Crippen LogP contribution in [-0.2, 0) is 13.7 Å². The number of hydrogen-bond donors (Lipinski definition) is 2. The second-order valence-corrected chi connectivity index (χ2v) is 13.1. The number of guanidine groups is 1. The molecule has 2 heterocycles. The Morgan fingerprint density at radius 1 is 1.21 bits per heavy atom. The van der Waals surface area contributed by atoms with Gasteiger partial charge in [0.15, 0.2) is 17.5 Å². The van der Waals surface area contributed by atoms with Gasteiger partial charge < -0.3 is 25.0 Å². The topological polar surface area (TPSA) is 93.0 Å². The van der Waals surface area contributed by atoms with Gasteiger partial charge >= 0.3 is 0 Å². The Morgan fingerprint density at radius 2 is 2.02 bits per heavy atom. The van der Waals surface area contributed by atoms with Gasteiger partial charge in [0.2, 0.25) is 0 Å². The van der Waals surface area contributed by atoms with Crippen molar-refractivity contribution in [2.24, 2.45) is 35.2 Å². The lowest BCUT2D eigenvalue weighted by molar-refractivity contribution is -0.108. The van der Waals surface area contributed by atoms with Crippen LogP contribution in [0.5, 0.6) is 11.5 Å². The van der Waals surface area contributed by atoms with Crippen molar-refractivity contribution in [2.45, 2.75) is 59.2 Å². The molecule has 7 rings (SSSR count). The largest absolute Gasteiger partial charge is 0.497 e. The second-order valence-electron chi connectivity index (χ2n) is 13.1. The minimum absolute atomic E-state index is 0.0633. The van der Waals surface area contributed by atoms with Crippen LogP contribution in [0.25, 0.3) is 10.9 Å². The van der Waals surface area contributed by atoms with Crippen molar-refractivity contribution in [3.63, 3.8) is 0 Å². The summed E-state index contributed by atoms with van der Waals surface area (Å²) in [5, 5.41) is 7.65. The van der Waals surface area contributed by atoms with Gasteiger partial charge in [-0.05, 0) is 73.3 Å². The molecule has 0 spiro atoms. The number of fused-ring (bicyclic) bond motifs is 3. The molecule has 2 N–H and O–H groups in total. The number of piperazine rings is 1. The SMILES string of the molecule is COc1ccc(OCc2nc3cc(NC(=N[C@H]4C[C@@H]5C[C@H]([C@@H]4C)C5(C)C)N4CCN[C@@H](C)C4)ccc3c(=O)n2C)c(F)c1. The molecule has 4 aliphatic rings. The van der Waals surface area contributed by atoms with Crippen molar-refractivity contribution in [1.82, 2.24) is 19.8 Å². The van der Waals surface area contributed by atoms with Crippen molar-refractivity contribution in [1.29, 1.82) is 0 Å². The van der Waals surface area contributed by atoms with Crippen LogP contribution in [-0.4, -0.2) is 59.2 Å². The van der Waals surface area contributed by atoms with Crippen LogP contribution in [0.15, 0.2) is 46.2 Å². The molecule has 3 saturated carbocycles. The van der Waals surface area contributed by atoms with Gasteiger partial charge in [0.05, 0.1) is 24.1 Å². The van der Waals surface area contributed by atoms with Crippen LogP contribution in [0.2, 0.25) is 0 Å². The van der Waals surface area contributed by atoms with Crippen LogP contribution in [0.3, 0.4) is 0 Å². The lowest BCUT2D eigenvalue weighted by Crippen LogP contribution is -2.57. The van der Waals surface area contributed by atoms with E-state index in [1.54, 1.807) is 19.2 Å². The lowest BCUT2D eigenvalue weighted by atomic mass is 9.45. The van der Waals surface area contributed by atoms with E-state index in [0.29, 0.717) is 45.8 Å². The maximum atomic E-state index is 14.5. The summed E-state index contributed by atoms with van der Waals surface area (Å²) in [6, 6.07) is 10.6. The number of benzene rings is 2. The van der Waals surface area contributed by atoms with E-state index < -0.39 is 5.82 Å². The third kappa shape index (κ3) is 5.57. The Kier molecular flexibility index (Phi) is 7.83. The molecule has 0 radical (unpaired) electrons. The number of rotatable bonds is 6. The van der Waals surface area contributed by atoms with Gasteiger partial charge in [-0.15, -0.1) is 0 Å². The minimum atomic E-state index is -0.543. The van der Waals surface area contributed by atoms with Gasteiger partial charge in [0.1, 0.15) is 18.2 Å². The highest BCUT2D eigenvalue weighted by atomic mass is 19.1. The third-order valence-corrected chi connectivity index (χ3v) is 10.2. The zero-order chi connectivity index (χ0) is 30.5. The molecule has 1 aromatic heterocycles. The first-order valence-electron chi connectivity index (χ1n) is 15.3. The number of ether oxygens (including phenoxy) is 2. The normalized spacial score (nSPS) is 26.6. The van der Waals surface area contributed by atoms with Crippen LogP contribution < -0.4 is 25.7 Å². The molecule has 1 saturated heterocycles. The summed E-state index contributed by atoms with van der Waals surface area (Å²) in [7, 11) is 3.13. The maximum absolute atomic E-state index is 14.5. The third-order valence-electron chi connectivity index (χ3n) is 10.2. The van der Waals surface area contributed by atoms with Gasteiger partial charge in [0, 0.05) is 44.5 Å². The summed E-state index contributed by atoms with van der Waals surface area (Å²) >= 11 is 0. The van der Waals surface area contributed by atoms with Gasteiger partial charge in [-0.2, -0.15) is 0 Å². The highest BCUT2D eigenvalue weighted by molar-refractivity contribution is 5.96. The van der Waals surface area contributed by atoms with Crippen molar-refractivity contribution in [3.05, 3.63) is 58.4 Å². The quantitative estimate of drug-likeness (QED) is 0.315. The molecule has 1 aliphatic heterocycles. The van der Waals surface area contributed by atoms with E-state index in [-0.39, 0.29) is 24.0 Å². The maximum Gasteiger partial charge on any atom is 0.261 e. The predicted octanol–water partition coefficient (Wildman–Crippen LogP) is 4.79. The van der Waals surface area contributed by atoms with Gasteiger partial charge in [0.25, 0.3) is 5.56 Å². The average Bonchev–Trinajstić information content (AvgIpc) is 2.98. The van der Waals surface area contributed by atoms with Gasteiger partial charge in [-0.25, -0.2) is 14.4 Å². The number of nitrogens with zero attached hydrogens (tertiary/aromatic N) is 4. The molecule has 4 fully saturated rings. The van der Waals surface area contributed by atoms with Crippen molar-refractivity contribution in [2.75, 3.05) is 32.1 Å². The van der Waals surface area contributed by atoms with E-state index in [9.17, 15) is 9.18 Å². The summed E-state index contributed by atoms with van der Waals surface area (Å²) in [5.74, 6) is 3.15. The molecule has 3 aromatic rings. The zero-order valence-electron chi connectivity index (χ0n) is 26.0. The Morgan fingerprint density at radius 3 is 2.72 bits per heavy atom. The average molecular weight is 591 g/mol. The molecule has 230 valence electrons. The highest BCUT2D eigenvalue weighted by Crippen LogP contribution is 2.61. The first-order chi connectivity index (χ1) is 20.5. The predicted molar refractivity (Wildman–Crippen MR) is 167 cm³/mol. The molecular formula is C33H43FN6O3. The van der Waals surface area contributed by atoms with Crippen molar-refractivity contribution in [3.8, 4) is 11.5 Å². The van der Waals surface area contributed by atoms with Crippen LogP contribution in [0.4, 0.5) is 10.1 Å². The van der Waals surface area contributed by atoms with Crippen LogP contribution >= 0.6 is 0 Å².